The Hall–Kier alpha value is -1.84. The zero-order valence-corrected chi connectivity index (χ0v) is 18.2. The number of nitrogens with one attached hydrogen (secondary N) is 2. The Balaban J connectivity index is 1.20. The lowest BCUT2D eigenvalue weighted by atomic mass is 9.49. The first-order valence-electron chi connectivity index (χ1n) is 11.4. The van der Waals surface area contributed by atoms with Gasteiger partial charge in [-0.05, 0) is 84.8 Å². The standard InChI is InChI=1S/C25H36N2O2/c1-24(2,3)21-6-4-20(5-7-21)23(29)27-9-8-26-22(28)16-25-13-17-10-18(14-25)12-19(11-17)15-25/h4-7,17-19H,8-16H2,1-3H3,(H,26,28)(H,27,29). The topological polar surface area (TPSA) is 58.2 Å². The smallest absolute Gasteiger partial charge is 0.251 e. The molecule has 4 aliphatic carbocycles. The summed E-state index contributed by atoms with van der Waals surface area (Å²) in [5, 5.41) is 5.96. The molecule has 0 aromatic heterocycles. The fourth-order valence-corrected chi connectivity index (χ4v) is 6.51. The van der Waals surface area contributed by atoms with Crippen molar-refractivity contribution in [1.29, 1.82) is 0 Å². The van der Waals surface area contributed by atoms with Crippen LogP contribution in [0.5, 0.6) is 0 Å². The largest absolute Gasteiger partial charge is 0.354 e. The molecule has 4 heteroatoms. The zero-order chi connectivity index (χ0) is 20.6. The van der Waals surface area contributed by atoms with E-state index in [2.05, 4.69) is 31.4 Å². The van der Waals surface area contributed by atoms with E-state index < -0.39 is 0 Å². The van der Waals surface area contributed by atoms with Gasteiger partial charge in [-0.1, -0.05) is 32.9 Å². The number of hydrogen-bond donors (Lipinski definition) is 2. The maximum Gasteiger partial charge on any atom is 0.251 e. The van der Waals surface area contributed by atoms with Gasteiger partial charge in [-0.2, -0.15) is 0 Å². The summed E-state index contributed by atoms with van der Waals surface area (Å²) >= 11 is 0. The first kappa shape index (κ1) is 20.4. The molecule has 4 bridgehead atoms. The van der Waals surface area contributed by atoms with Gasteiger partial charge < -0.3 is 10.6 Å². The highest BCUT2D eigenvalue weighted by molar-refractivity contribution is 5.94. The van der Waals surface area contributed by atoms with E-state index in [-0.39, 0.29) is 22.6 Å². The van der Waals surface area contributed by atoms with Crippen LogP contribution in [0.2, 0.25) is 0 Å². The Morgan fingerprint density at radius 1 is 0.897 bits per heavy atom. The molecule has 158 valence electrons. The van der Waals surface area contributed by atoms with Crippen molar-refractivity contribution >= 4 is 11.8 Å². The SMILES string of the molecule is CC(C)(C)c1ccc(C(=O)NCCNC(=O)CC23CC4CC(CC(C4)C2)C3)cc1. The second-order valence-electron chi connectivity index (χ2n) is 11.0. The maximum absolute atomic E-state index is 12.5. The minimum Gasteiger partial charge on any atom is -0.354 e. The molecule has 5 rings (SSSR count). The molecule has 1 aromatic carbocycles. The van der Waals surface area contributed by atoms with E-state index in [9.17, 15) is 9.59 Å². The van der Waals surface area contributed by atoms with Gasteiger partial charge in [0.25, 0.3) is 5.91 Å². The highest BCUT2D eigenvalue weighted by Gasteiger charge is 2.51. The Morgan fingerprint density at radius 3 is 1.93 bits per heavy atom. The van der Waals surface area contributed by atoms with Crippen LogP contribution in [0, 0.1) is 23.2 Å². The van der Waals surface area contributed by atoms with Crippen LogP contribution in [0.25, 0.3) is 0 Å². The fourth-order valence-electron chi connectivity index (χ4n) is 6.51. The number of amides is 2. The Bertz CT molecular complexity index is 725. The molecule has 0 unspecified atom stereocenters. The molecule has 4 fully saturated rings. The first-order chi connectivity index (χ1) is 13.7. The van der Waals surface area contributed by atoms with Crippen molar-refractivity contribution < 1.29 is 9.59 Å². The van der Waals surface area contributed by atoms with Crippen molar-refractivity contribution in [3.63, 3.8) is 0 Å². The van der Waals surface area contributed by atoms with E-state index in [4.69, 9.17) is 0 Å². The van der Waals surface area contributed by atoms with Crippen molar-refractivity contribution in [2.24, 2.45) is 23.2 Å². The van der Waals surface area contributed by atoms with Gasteiger partial charge in [0.2, 0.25) is 5.91 Å². The molecule has 0 saturated heterocycles. The highest BCUT2D eigenvalue weighted by atomic mass is 16.2. The Morgan fingerprint density at radius 2 is 1.41 bits per heavy atom. The number of carbonyl (C=O) groups excluding carboxylic acids is 2. The van der Waals surface area contributed by atoms with Gasteiger partial charge in [0, 0.05) is 25.1 Å². The van der Waals surface area contributed by atoms with Crippen LogP contribution in [-0.4, -0.2) is 24.9 Å². The molecule has 0 heterocycles. The summed E-state index contributed by atoms with van der Waals surface area (Å²) in [5.74, 6) is 2.70. The normalized spacial score (nSPS) is 30.2. The molecule has 0 atom stereocenters. The van der Waals surface area contributed by atoms with Crippen LogP contribution >= 0.6 is 0 Å². The quantitative estimate of drug-likeness (QED) is 0.699. The van der Waals surface area contributed by atoms with Crippen LogP contribution < -0.4 is 10.6 Å². The average molecular weight is 397 g/mol. The molecule has 2 amide bonds. The third-order valence-corrected chi connectivity index (χ3v) is 7.45. The van der Waals surface area contributed by atoms with E-state index in [1.165, 1.54) is 44.1 Å². The molecular formula is C25H36N2O2. The Labute approximate surface area is 175 Å². The van der Waals surface area contributed by atoms with Crippen molar-refractivity contribution in [3.8, 4) is 0 Å². The second-order valence-corrected chi connectivity index (χ2v) is 11.0. The molecule has 0 radical (unpaired) electrons. The third kappa shape index (κ3) is 4.67. The molecule has 29 heavy (non-hydrogen) atoms. The number of carbonyl (C=O) groups is 2. The summed E-state index contributed by atoms with van der Waals surface area (Å²) < 4.78 is 0. The lowest BCUT2D eigenvalue weighted by molar-refractivity contribution is -0.129. The van der Waals surface area contributed by atoms with Gasteiger partial charge in [0.15, 0.2) is 0 Å². The van der Waals surface area contributed by atoms with Crippen molar-refractivity contribution in [2.75, 3.05) is 13.1 Å². The van der Waals surface area contributed by atoms with Crippen LogP contribution in [0.4, 0.5) is 0 Å². The summed E-state index contributed by atoms with van der Waals surface area (Å²) in [5.41, 5.74) is 2.23. The minimum absolute atomic E-state index is 0.0793. The van der Waals surface area contributed by atoms with Gasteiger partial charge in [-0.15, -0.1) is 0 Å². The van der Waals surface area contributed by atoms with Gasteiger partial charge in [-0.25, -0.2) is 0 Å². The monoisotopic (exact) mass is 396 g/mol. The number of hydrogen-bond acceptors (Lipinski definition) is 2. The van der Waals surface area contributed by atoms with Gasteiger partial charge in [-0.3, -0.25) is 9.59 Å². The van der Waals surface area contributed by atoms with Crippen molar-refractivity contribution in [1.82, 2.24) is 10.6 Å². The summed E-state index contributed by atoms with van der Waals surface area (Å²) in [6, 6.07) is 7.79. The van der Waals surface area contributed by atoms with E-state index in [1.54, 1.807) is 0 Å². The molecule has 1 aromatic rings. The first-order valence-corrected chi connectivity index (χ1v) is 11.4. The average Bonchev–Trinajstić information content (AvgIpc) is 2.63. The van der Waals surface area contributed by atoms with Gasteiger partial charge >= 0.3 is 0 Å². The molecule has 0 aliphatic heterocycles. The predicted octanol–water partition coefficient (Wildman–Crippen LogP) is 4.44. The fraction of sp³-hybridized carbons (Fsp3) is 0.680. The lowest BCUT2D eigenvalue weighted by Gasteiger charge is -2.56. The third-order valence-electron chi connectivity index (χ3n) is 7.45. The van der Waals surface area contributed by atoms with Crippen LogP contribution in [0.1, 0.15) is 81.6 Å². The molecule has 2 N–H and O–H groups in total. The van der Waals surface area contributed by atoms with E-state index >= 15 is 0 Å². The summed E-state index contributed by atoms with van der Waals surface area (Å²) in [7, 11) is 0. The predicted molar refractivity (Wildman–Crippen MR) is 116 cm³/mol. The van der Waals surface area contributed by atoms with Gasteiger partial charge in [0.05, 0.1) is 0 Å². The molecular weight excluding hydrogens is 360 g/mol. The molecule has 4 nitrogen and oxygen atoms in total. The molecule has 4 saturated carbocycles. The number of rotatable bonds is 6. The zero-order valence-electron chi connectivity index (χ0n) is 18.2. The van der Waals surface area contributed by atoms with Crippen molar-refractivity contribution in [3.05, 3.63) is 35.4 Å². The summed E-state index contributed by atoms with van der Waals surface area (Å²) in [6.07, 6.45) is 8.67. The van der Waals surface area contributed by atoms with Crippen LogP contribution in [0.15, 0.2) is 24.3 Å². The van der Waals surface area contributed by atoms with E-state index in [1.807, 2.05) is 24.3 Å². The summed E-state index contributed by atoms with van der Waals surface area (Å²) in [4.78, 5) is 24.9. The van der Waals surface area contributed by atoms with Crippen molar-refractivity contribution in [2.45, 2.75) is 71.1 Å². The molecule has 4 aliphatic rings. The lowest BCUT2D eigenvalue weighted by Crippen LogP contribution is -2.48. The van der Waals surface area contributed by atoms with E-state index in [0.29, 0.717) is 25.1 Å². The Kier molecular flexibility index (Phi) is 5.48. The van der Waals surface area contributed by atoms with Gasteiger partial charge in [0.1, 0.15) is 0 Å². The second kappa shape index (κ2) is 7.77. The highest BCUT2D eigenvalue weighted by Crippen LogP contribution is 2.61. The summed E-state index contributed by atoms with van der Waals surface area (Å²) in [6.45, 7) is 7.44. The van der Waals surface area contributed by atoms with E-state index in [0.717, 1.165) is 17.8 Å². The maximum atomic E-state index is 12.5. The van der Waals surface area contributed by atoms with Crippen LogP contribution in [-0.2, 0) is 10.2 Å². The van der Waals surface area contributed by atoms with Crippen LogP contribution in [0.3, 0.4) is 0 Å². The number of benzene rings is 1. The minimum atomic E-state index is -0.0826. The molecule has 0 spiro atoms.